The van der Waals surface area contributed by atoms with Crippen LogP contribution in [0.3, 0.4) is 0 Å². The molecule has 1 aromatic heterocycles. The minimum absolute atomic E-state index is 0.134. The number of para-hydroxylation sites is 1. The smallest absolute Gasteiger partial charge is 0.251 e. The number of nitrogens with zero attached hydrogens (tertiary/aromatic N) is 2. The summed E-state index contributed by atoms with van der Waals surface area (Å²) in [4.78, 5) is 26.7. The zero-order valence-electron chi connectivity index (χ0n) is 21.6. The molecule has 1 unspecified atom stereocenters. The van der Waals surface area contributed by atoms with Gasteiger partial charge in [0.25, 0.3) is 5.91 Å². The SMILES string of the molecule is COCc1ccc(C(NC(=O)Cn2ncc3ccccc32)C(=O)Nc2cc(F)c(S(C)(C)C)cc2F)cc1. The van der Waals surface area contributed by atoms with Gasteiger partial charge in [-0.15, -0.1) is 0 Å². The number of carbonyl (C=O) groups excluding carboxylic acids is 2. The average Bonchev–Trinajstić information content (AvgIpc) is 3.27. The zero-order chi connectivity index (χ0) is 27.4. The minimum Gasteiger partial charge on any atom is -0.380 e. The molecule has 0 spiro atoms. The lowest BCUT2D eigenvalue weighted by molar-refractivity contribution is -0.127. The summed E-state index contributed by atoms with van der Waals surface area (Å²) in [5.41, 5.74) is 1.81. The molecule has 1 atom stereocenters. The highest BCUT2D eigenvalue weighted by Gasteiger charge is 2.26. The number of carbonyl (C=O) groups is 2. The largest absolute Gasteiger partial charge is 0.380 e. The summed E-state index contributed by atoms with van der Waals surface area (Å²) >= 11 is 0. The predicted molar refractivity (Wildman–Crippen MR) is 146 cm³/mol. The lowest BCUT2D eigenvalue weighted by Crippen LogP contribution is -2.39. The number of halogens is 2. The van der Waals surface area contributed by atoms with Crippen molar-refractivity contribution in [3.05, 3.63) is 89.6 Å². The quantitative estimate of drug-likeness (QED) is 0.313. The molecule has 10 heteroatoms. The summed E-state index contributed by atoms with van der Waals surface area (Å²) in [5.74, 6) is -2.53. The lowest BCUT2D eigenvalue weighted by Gasteiger charge is -2.27. The molecule has 3 aromatic carbocycles. The van der Waals surface area contributed by atoms with Gasteiger partial charge in [0.1, 0.15) is 24.2 Å². The van der Waals surface area contributed by atoms with E-state index in [1.54, 1.807) is 37.6 Å². The highest BCUT2D eigenvalue weighted by molar-refractivity contribution is 8.32. The second kappa shape index (κ2) is 11.3. The molecule has 0 saturated carbocycles. The van der Waals surface area contributed by atoms with Crippen LogP contribution in [0.1, 0.15) is 17.2 Å². The summed E-state index contributed by atoms with van der Waals surface area (Å²) in [6, 6.07) is 15.3. The normalized spacial score (nSPS) is 12.8. The molecule has 4 rings (SSSR count). The van der Waals surface area contributed by atoms with Crippen molar-refractivity contribution < 1.29 is 23.1 Å². The maximum atomic E-state index is 14.9. The van der Waals surface area contributed by atoms with E-state index in [4.69, 9.17) is 4.74 Å². The average molecular weight is 541 g/mol. The maximum Gasteiger partial charge on any atom is 0.251 e. The van der Waals surface area contributed by atoms with Crippen LogP contribution in [-0.4, -0.2) is 47.5 Å². The third-order valence-electron chi connectivity index (χ3n) is 5.98. The van der Waals surface area contributed by atoms with Crippen molar-refractivity contribution in [2.24, 2.45) is 0 Å². The fourth-order valence-electron chi connectivity index (χ4n) is 4.07. The van der Waals surface area contributed by atoms with Crippen LogP contribution in [0.4, 0.5) is 14.5 Å². The zero-order valence-corrected chi connectivity index (χ0v) is 22.4. The Balaban J connectivity index is 1.60. The summed E-state index contributed by atoms with van der Waals surface area (Å²) in [5, 5.41) is 10.3. The van der Waals surface area contributed by atoms with Crippen LogP contribution in [0.5, 0.6) is 0 Å². The second-order valence-corrected chi connectivity index (χ2v) is 13.7. The minimum atomic E-state index is -1.53. The summed E-state index contributed by atoms with van der Waals surface area (Å²) in [7, 11) is 0.0437. The molecule has 0 bridgehead atoms. The van der Waals surface area contributed by atoms with E-state index in [1.807, 2.05) is 43.0 Å². The molecule has 1 heterocycles. The molecule has 4 aromatic rings. The van der Waals surface area contributed by atoms with Gasteiger partial charge >= 0.3 is 0 Å². The van der Waals surface area contributed by atoms with Gasteiger partial charge in [0, 0.05) is 23.5 Å². The van der Waals surface area contributed by atoms with Crippen LogP contribution >= 0.6 is 10.0 Å². The van der Waals surface area contributed by atoms with Crippen LogP contribution in [0.25, 0.3) is 10.9 Å². The molecule has 0 fully saturated rings. The molecule has 0 saturated heterocycles. The predicted octanol–water partition coefficient (Wildman–Crippen LogP) is 5.01. The van der Waals surface area contributed by atoms with E-state index >= 15 is 0 Å². The standard InChI is InChI=1S/C28H30F2N4O3S/c1-37-17-18-9-11-19(12-10-18)27(33-26(35)16-34-24-8-6-5-7-20(24)15-31-34)28(36)32-23-13-22(30)25(14-21(23)29)38(2,3)4/h5-15,27H,16-17H2,1-4H3,(H,32,36)(H,33,35). The van der Waals surface area contributed by atoms with Gasteiger partial charge in [-0.25, -0.2) is 18.8 Å². The molecule has 2 amide bonds. The van der Waals surface area contributed by atoms with E-state index in [9.17, 15) is 18.4 Å². The van der Waals surface area contributed by atoms with Gasteiger partial charge in [0.15, 0.2) is 0 Å². The molecule has 200 valence electrons. The van der Waals surface area contributed by atoms with Crippen molar-refractivity contribution >= 4 is 38.4 Å². The molecule has 0 aliphatic carbocycles. The van der Waals surface area contributed by atoms with Crippen molar-refractivity contribution in [2.45, 2.75) is 24.1 Å². The van der Waals surface area contributed by atoms with Gasteiger partial charge in [-0.1, -0.05) is 42.5 Å². The molecule has 38 heavy (non-hydrogen) atoms. The van der Waals surface area contributed by atoms with Gasteiger partial charge in [0.2, 0.25) is 5.91 Å². The van der Waals surface area contributed by atoms with E-state index in [0.29, 0.717) is 12.2 Å². The molecule has 0 radical (unpaired) electrons. The van der Waals surface area contributed by atoms with Crippen LogP contribution < -0.4 is 10.6 Å². The van der Waals surface area contributed by atoms with E-state index in [0.717, 1.165) is 28.6 Å². The summed E-state index contributed by atoms with van der Waals surface area (Å²) in [6.45, 7) is 0.244. The number of hydrogen-bond acceptors (Lipinski definition) is 4. The summed E-state index contributed by atoms with van der Waals surface area (Å²) < 4.78 is 36.4. The topological polar surface area (TPSA) is 85.2 Å². The number of nitrogens with one attached hydrogen (secondary N) is 2. The Hall–Kier alpha value is -3.76. The highest BCUT2D eigenvalue weighted by Crippen LogP contribution is 2.47. The Morgan fingerprint density at radius 3 is 2.42 bits per heavy atom. The van der Waals surface area contributed by atoms with Gasteiger partial charge in [-0.05, 0) is 42.0 Å². The number of anilines is 1. The van der Waals surface area contributed by atoms with E-state index in [-0.39, 0.29) is 17.1 Å². The molecule has 7 nitrogen and oxygen atoms in total. The lowest BCUT2D eigenvalue weighted by atomic mass is 10.0. The first-order valence-electron chi connectivity index (χ1n) is 11.8. The van der Waals surface area contributed by atoms with Crippen molar-refractivity contribution in [3.63, 3.8) is 0 Å². The molecule has 0 aliphatic rings. The van der Waals surface area contributed by atoms with Crippen molar-refractivity contribution in [2.75, 3.05) is 31.2 Å². The highest BCUT2D eigenvalue weighted by atomic mass is 32.3. The van der Waals surface area contributed by atoms with Crippen LogP contribution in [0.15, 0.2) is 71.8 Å². The van der Waals surface area contributed by atoms with Gasteiger partial charge in [-0.2, -0.15) is 5.10 Å². The van der Waals surface area contributed by atoms with E-state index in [1.165, 1.54) is 4.68 Å². The Morgan fingerprint density at radius 1 is 1.03 bits per heavy atom. The van der Waals surface area contributed by atoms with Crippen molar-refractivity contribution in [1.82, 2.24) is 15.1 Å². The number of rotatable bonds is 9. The Kier molecular flexibility index (Phi) is 8.13. The number of aromatic nitrogens is 2. The first kappa shape index (κ1) is 27.3. The molecular weight excluding hydrogens is 510 g/mol. The van der Waals surface area contributed by atoms with Gasteiger partial charge in [-0.3, -0.25) is 14.3 Å². The first-order valence-corrected chi connectivity index (χ1v) is 14.7. The third-order valence-corrected chi connectivity index (χ3v) is 7.61. The van der Waals surface area contributed by atoms with Crippen molar-refractivity contribution in [1.29, 1.82) is 0 Å². The third kappa shape index (κ3) is 6.20. The van der Waals surface area contributed by atoms with Crippen LogP contribution in [0.2, 0.25) is 0 Å². The van der Waals surface area contributed by atoms with Crippen molar-refractivity contribution in [3.8, 4) is 0 Å². The molecule has 2 N–H and O–H groups in total. The number of hydrogen-bond donors (Lipinski definition) is 2. The molecule has 0 aliphatic heterocycles. The number of methoxy groups -OCH3 is 1. The Labute approximate surface area is 221 Å². The molecular formula is C28H30F2N4O3S. The fourth-order valence-corrected chi connectivity index (χ4v) is 5.17. The Bertz CT molecular complexity index is 1470. The maximum absolute atomic E-state index is 14.9. The van der Waals surface area contributed by atoms with Crippen LogP contribution in [-0.2, 0) is 27.5 Å². The number of benzene rings is 3. The second-order valence-electron chi connectivity index (χ2n) is 9.62. The van der Waals surface area contributed by atoms with E-state index < -0.39 is 39.5 Å². The van der Waals surface area contributed by atoms with E-state index in [2.05, 4.69) is 15.7 Å². The van der Waals surface area contributed by atoms with Crippen LogP contribution in [0, 0.1) is 11.6 Å². The number of ether oxygens (including phenoxy) is 1. The van der Waals surface area contributed by atoms with Gasteiger partial charge < -0.3 is 15.4 Å². The summed E-state index contributed by atoms with van der Waals surface area (Å²) in [6.07, 6.45) is 7.21. The first-order chi connectivity index (χ1) is 18.1. The monoisotopic (exact) mass is 540 g/mol. The fraction of sp³-hybridized carbons (Fsp3) is 0.250. The number of fused-ring (bicyclic) bond motifs is 1. The Morgan fingerprint density at radius 2 is 1.74 bits per heavy atom. The number of amides is 2. The van der Waals surface area contributed by atoms with Gasteiger partial charge in [0.05, 0.1) is 24.0 Å².